The van der Waals surface area contributed by atoms with Crippen LogP contribution in [0.15, 0.2) is 200 Å². The summed E-state index contributed by atoms with van der Waals surface area (Å²) in [5, 5.41) is 11.3. The second-order valence-corrected chi connectivity index (χ2v) is 19.6. The Morgan fingerprint density at radius 2 is 0.766 bits per heavy atom. The topological polar surface area (TPSA) is 132 Å². The largest absolute Gasteiger partial charge is 1.00 e. The number of rotatable bonds is 6. The minimum Gasteiger partial charge on any atom is -0.741 e. The van der Waals surface area contributed by atoms with Crippen LogP contribution >= 0.6 is 16.1 Å². The minimum atomic E-state index is -6.09. The number of hydrogen-bond acceptors (Lipinski definition) is 6. The summed E-state index contributed by atoms with van der Waals surface area (Å²) in [6.45, 7) is 0. The van der Waals surface area contributed by atoms with Crippen molar-refractivity contribution >= 4 is 84.4 Å². The summed E-state index contributed by atoms with van der Waals surface area (Å²) < 4.78 is 116. The van der Waals surface area contributed by atoms with Gasteiger partial charge in [0, 0.05) is 10.6 Å². The Balaban J connectivity index is 0.000000238. The zero-order valence-electron chi connectivity index (χ0n) is 32.8. The van der Waals surface area contributed by atoms with Crippen molar-refractivity contribution in [1.82, 2.24) is 0 Å². The Bertz CT molecular complexity index is 2830. The van der Waals surface area contributed by atoms with Gasteiger partial charge in [-0.3, -0.25) is 4.55 Å². The molecule has 0 aromatic heterocycles. The van der Waals surface area contributed by atoms with E-state index in [9.17, 15) is 31.2 Å². The number of fused-ring (bicyclic) bond motifs is 2. The van der Waals surface area contributed by atoms with Crippen molar-refractivity contribution in [3.05, 3.63) is 200 Å². The van der Waals surface area contributed by atoms with E-state index in [1.807, 2.05) is 60.7 Å². The Hall–Kier alpha value is -4.88. The Kier molecular flexibility index (Phi) is 18.5. The predicted molar refractivity (Wildman–Crippen MR) is 240 cm³/mol. The molecule has 8 rings (SSSR count). The third-order valence-electron chi connectivity index (χ3n) is 8.81. The number of halogens is 6. The molecule has 0 aliphatic heterocycles. The fourth-order valence-corrected chi connectivity index (χ4v) is 9.73. The van der Waals surface area contributed by atoms with Crippen molar-refractivity contribution in [3.63, 3.8) is 0 Å². The fourth-order valence-electron chi connectivity index (χ4n) is 6.04. The van der Waals surface area contributed by atoms with Gasteiger partial charge >= 0.3 is 40.6 Å². The molecule has 0 saturated heterocycles. The Morgan fingerprint density at radius 1 is 0.438 bits per heavy atom. The third kappa shape index (κ3) is 13.8. The molecule has 0 aliphatic rings. The SMILES string of the molecule is O=S(=O)(O)C(F)(F)F.O=S(=O)([O-])C(F)(F)F.OP(c1ccccc1)c1ccccc1.[Ru+].c1ccc(P(c2ccccc2)c2ccc3ccccc3c2-c2cccc3ccccc23)cc1. The third-order valence-corrected chi connectivity index (χ3v) is 14.0. The molecule has 64 heavy (non-hydrogen) atoms. The quantitative estimate of drug-likeness (QED) is 0.0558. The molecule has 0 saturated carbocycles. The summed E-state index contributed by atoms with van der Waals surface area (Å²) in [6.07, 6.45) is 0. The Labute approximate surface area is 381 Å². The van der Waals surface area contributed by atoms with E-state index in [0.29, 0.717) is 0 Å². The molecule has 333 valence electrons. The molecule has 8 aromatic rings. The van der Waals surface area contributed by atoms with E-state index < -0.39 is 47.3 Å². The van der Waals surface area contributed by atoms with E-state index in [0.717, 1.165) is 10.6 Å². The number of alkyl halides is 6. The zero-order chi connectivity index (χ0) is 45.8. The van der Waals surface area contributed by atoms with Gasteiger partial charge in [-0.05, 0) is 56.5 Å². The normalized spacial score (nSPS) is 11.6. The van der Waals surface area contributed by atoms with Crippen molar-refractivity contribution in [2.75, 3.05) is 0 Å². The molecule has 0 spiro atoms. The van der Waals surface area contributed by atoms with E-state index in [4.69, 9.17) is 25.9 Å². The summed E-state index contributed by atoms with van der Waals surface area (Å²) in [5.41, 5.74) is -8.53. The van der Waals surface area contributed by atoms with Gasteiger partial charge in [-0.25, -0.2) is 8.42 Å². The molecule has 0 atom stereocenters. The number of hydrogen-bond donors (Lipinski definition) is 2. The molecule has 0 heterocycles. The van der Waals surface area contributed by atoms with Gasteiger partial charge in [-0.2, -0.15) is 34.8 Å². The first-order chi connectivity index (χ1) is 29.8. The molecule has 18 heteroatoms. The monoisotopic (exact) mass is 1040 g/mol. The first-order valence-corrected chi connectivity index (χ1v) is 23.8. The van der Waals surface area contributed by atoms with Gasteiger partial charge in [0.05, 0.1) is 8.15 Å². The maximum atomic E-state index is 10.7. The van der Waals surface area contributed by atoms with Crippen LogP contribution in [0, 0.1) is 0 Å². The van der Waals surface area contributed by atoms with E-state index in [-0.39, 0.29) is 19.5 Å². The van der Waals surface area contributed by atoms with Crippen LogP contribution in [0.5, 0.6) is 0 Å². The molecular formula is C46H35F6O7P2RuS2. The maximum Gasteiger partial charge on any atom is 1.00 e. The number of benzene rings is 8. The minimum absolute atomic E-state index is 0. The maximum absolute atomic E-state index is 10.7. The van der Waals surface area contributed by atoms with Crippen LogP contribution in [0.4, 0.5) is 26.3 Å². The first-order valence-electron chi connectivity index (χ1n) is 18.3. The van der Waals surface area contributed by atoms with Crippen LogP contribution in [0.3, 0.4) is 0 Å². The summed E-state index contributed by atoms with van der Waals surface area (Å²) in [6, 6.07) is 70.4. The van der Waals surface area contributed by atoms with Gasteiger partial charge in [-0.1, -0.05) is 200 Å². The summed E-state index contributed by atoms with van der Waals surface area (Å²) >= 11 is 0. The van der Waals surface area contributed by atoms with Gasteiger partial charge in [0.15, 0.2) is 10.1 Å². The summed E-state index contributed by atoms with van der Waals surface area (Å²) in [4.78, 5) is 10.1. The molecule has 7 nitrogen and oxygen atoms in total. The molecule has 0 aliphatic carbocycles. The van der Waals surface area contributed by atoms with E-state index >= 15 is 0 Å². The van der Waals surface area contributed by atoms with Crippen LogP contribution in [-0.4, -0.2) is 41.9 Å². The van der Waals surface area contributed by atoms with Gasteiger partial charge < -0.3 is 9.45 Å². The molecule has 1 radical (unpaired) electrons. The molecule has 2 N–H and O–H groups in total. The van der Waals surface area contributed by atoms with E-state index in [1.165, 1.54) is 48.6 Å². The van der Waals surface area contributed by atoms with Crippen molar-refractivity contribution in [2.45, 2.75) is 11.0 Å². The second-order valence-electron chi connectivity index (χ2n) is 13.0. The van der Waals surface area contributed by atoms with Crippen molar-refractivity contribution in [1.29, 1.82) is 0 Å². The van der Waals surface area contributed by atoms with E-state index in [2.05, 4.69) is 140 Å². The second kappa shape index (κ2) is 22.8. The summed E-state index contributed by atoms with van der Waals surface area (Å²) in [5.74, 6) is 0. The fraction of sp³-hybridized carbons (Fsp3) is 0.0435. The molecule has 0 bridgehead atoms. The van der Waals surface area contributed by atoms with Crippen LogP contribution in [0.1, 0.15) is 0 Å². The van der Waals surface area contributed by atoms with Gasteiger partial charge in [0.2, 0.25) is 0 Å². The van der Waals surface area contributed by atoms with Gasteiger partial charge in [0.25, 0.3) is 0 Å². The molecule has 8 aromatic carbocycles. The zero-order valence-corrected chi connectivity index (χ0v) is 38.0. The van der Waals surface area contributed by atoms with Crippen LogP contribution in [-0.2, 0) is 39.7 Å². The van der Waals surface area contributed by atoms with E-state index in [1.54, 1.807) is 0 Å². The molecular weight excluding hydrogens is 1010 g/mol. The standard InChI is InChI=1S/C32H23P.C12H11OP.2CHF3O3S.Ru/c1-3-15-26(16-4-1)33(27-17-5-2-6-18-27)31-23-22-25-13-8-10-20-29(25)32(31)30-21-11-14-24-12-7-9-19-28(24)30;13-14(11-7-3-1-4-8-11)12-9-5-2-6-10-12;2*2-1(3,4)8(5,6)7;/h1-23H;1-10,13H;2*(H,5,6,7);/q;;;;+1/p-1. The average Bonchev–Trinajstić information content (AvgIpc) is 3.27. The van der Waals surface area contributed by atoms with Crippen LogP contribution in [0.25, 0.3) is 32.7 Å². The molecule has 0 amide bonds. The van der Waals surface area contributed by atoms with Crippen LogP contribution < -0.4 is 26.5 Å². The van der Waals surface area contributed by atoms with Crippen LogP contribution in [0.2, 0.25) is 0 Å². The van der Waals surface area contributed by atoms with Crippen molar-refractivity contribution in [2.24, 2.45) is 0 Å². The van der Waals surface area contributed by atoms with Gasteiger partial charge in [-0.15, -0.1) is 0 Å². The summed E-state index contributed by atoms with van der Waals surface area (Å²) in [7, 11) is -13.8. The molecule has 0 unspecified atom stereocenters. The Morgan fingerprint density at radius 3 is 1.16 bits per heavy atom. The van der Waals surface area contributed by atoms with Crippen molar-refractivity contribution < 1.29 is 76.7 Å². The van der Waals surface area contributed by atoms with Crippen molar-refractivity contribution in [3.8, 4) is 11.1 Å². The predicted octanol–water partition coefficient (Wildman–Crippen LogP) is 9.89. The molecule has 0 fully saturated rings. The average molecular weight is 1040 g/mol. The smallest absolute Gasteiger partial charge is 0.741 e. The first kappa shape index (κ1) is 51.8. The van der Waals surface area contributed by atoms with Gasteiger partial charge in [0.1, 0.15) is 0 Å².